The molecule has 8 N–H and O–H groups in total. The van der Waals surface area contributed by atoms with E-state index in [9.17, 15) is 52.3 Å². The number of fused-ring (bicyclic) bond motifs is 8. The number of ether oxygens (including phenoxy) is 2. The highest BCUT2D eigenvalue weighted by Gasteiger charge is 2.47. The molecule has 0 spiro atoms. The van der Waals surface area contributed by atoms with E-state index in [1.54, 1.807) is 31.4 Å². The molecule has 8 aromatic heterocycles. The number of piperidine rings is 2. The van der Waals surface area contributed by atoms with Crippen molar-refractivity contribution < 1.29 is 72.2 Å². The molecule has 125 heavy (non-hydrogen) atoms. The predicted octanol–water partition coefficient (Wildman–Crippen LogP) is 13.9. The molecular weight excluding hydrogens is 1600 g/mol. The summed E-state index contributed by atoms with van der Waals surface area (Å²) in [5.41, 5.74) is 21.4. The number of aromatic amines is 2. The second kappa shape index (κ2) is 38.5. The van der Waals surface area contributed by atoms with E-state index in [1.807, 2.05) is 75.2 Å². The van der Waals surface area contributed by atoms with Crippen molar-refractivity contribution in [3.05, 3.63) is 163 Å². The number of halogens is 1. The Balaban J connectivity index is 0.000000183. The van der Waals surface area contributed by atoms with Gasteiger partial charge in [-0.25, -0.2) is 14.6 Å². The molecule has 2 saturated carbocycles. The number of carbonyl (C=O) groups is 10. The molecule has 18 rings (SSSR count). The summed E-state index contributed by atoms with van der Waals surface area (Å²) in [5.74, 6) is 0.0774. The van der Waals surface area contributed by atoms with Crippen molar-refractivity contribution in [2.24, 2.45) is 5.73 Å². The molecule has 12 aromatic rings. The fourth-order valence-corrected chi connectivity index (χ4v) is 16.9. The number of nitrogens with two attached hydrogens (primary N) is 1. The molecule has 0 radical (unpaired) electrons. The van der Waals surface area contributed by atoms with Gasteiger partial charge < -0.3 is 44.9 Å². The summed E-state index contributed by atoms with van der Waals surface area (Å²) in [4.78, 5) is 152. The normalized spacial score (nSPS) is 15.9. The first-order valence-electron chi connectivity index (χ1n) is 41.8. The van der Waals surface area contributed by atoms with Crippen LogP contribution in [0.4, 0.5) is 16.0 Å². The van der Waals surface area contributed by atoms with Crippen LogP contribution in [0.15, 0.2) is 81.8 Å². The number of anilines is 2. The van der Waals surface area contributed by atoms with Gasteiger partial charge in [-0.1, -0.05) is 69.7 Å². The smallest absolute Gasteiger partial charge is 0.326 e. The molecule has 4 fully saturated rings. The lowest BCUT2D eigenvalue weighted by atomic mass is 9.97. The van der Waals surface area contributed by atoms with Crippen LogP contribution in [-0.4, -0.2) is 169 Å². The first-order valence-corrected chi connectivity index (χ1v) is 41.1. The number of H-pyrrole nitrogens is 2. The number of rotatable bonds is 27. The minimum atomic E-state index is -1.01. The number of alkyl halides is 1. The number of hydrogen-bond acceptors (Lipinski definition) is 24. The van der Waals surface area contributed by atoms with Crippen LogP contribution in [0.2, 0.25) is 0 Å². The molecule has 2 aliphatic carbocycles. The number of nitrogens with one attached hydrogen (secondary N) is 6. The third-order valence-electron chi connectivity index (χ3n) is 23.1. The summed E-state index contributed by atoms with van der Waals surface area (Å²) in [6, 6.07) is 20.8. The van der Waals surface area contributed by atoms with E-state index in [2.05, 4.69) is 82.7 Å². The maximum atomic E-state index is 13.7. The fourth-order valence-electron chi connectivity index (χ4n) is 16.9. The Kier molecular flexibility index (Phi) is 27.5. The Morgan fingerprint density at radius 1 is 0.616 bits per heavy atom. The number of amides is 9. The molecule has 12 heterocycles. The lowest BCUT2D eigenvalue weighted by molar-refractivity contribution is -0.137. The van der Waals surface area contributed by atoms with Gasteiger partial charge in [0.25, 0.3) is 29.5 Å². The van der Waals surface area contributed by atoms with Crippen molar-refractivity contribution in [1.29, 1.82) is 0 Å². The van der Waals surface area contributed by atoms with Gasteiger partial charge in [0.15, 0.2) is 0 Å². The predicted molar refractivity (Wildman–Crippen MR) is 467 cm³/mol. The summed E-state index contributed by atoms with van der Waals surface area (Å²) in [6.45, 7) is 16.5. The summed E-state index contributed by atoms with van der Waals surface area (Å²) >= 11 is 0. The minimum absolute atomic E-state index is 0. The molecule has 2 unspecified atom stereocenters. The second-order valence-electron chi connectivity index (χ2n) is 31.2. The van der Waals surface area contributed by atoms with Crippen molar-refractivity contribution in [3.63, 3.8) is 0 Å². The van der Waals surface area contributed by atoms with Crippen LogP contribution in [-0.2, 0) is 56.3 Å². The largest absolute Gasteiger partial charge is 0.496 e. The molecule has 2 saturated heterocycles. The number of nitrogens with zero attached hydrogens (tertiary/aromatic N) is 12. The maximum absolute atomic E-state index is 13.7. The number of aryl methyl sites for hydroxylation is 9. The third kappa shape index (κ3) is 18.0. The van der Waals surface area contributed by atoms with E-state index in [0.717, 1.165) is 172 Å². The molecule has 4 aliphatic heterocycles. The number of unbranched alkanes of at least 4 members (excludes halogenated alkanes) is 4. The Bertz CT molecular complexity index is 6190. The fraction of sp³-hybridized carbons (Fsp3) is 0.407. The van der Waals surface area contributed by atoms with Gasteiger partial charge in [-0.05, 0) is 197 Å². The van der Waals surface area contributed by atoms with E-state index in [1.165, 1.54) is 12.8 Å². The van der Waals surface area contributed by atoms with E-state index in [4.69, 9.17) is 45.8 Å². The number of methoxy groups -OCH3 is 1. The second-order valence-corrected chi connectivity index (χ2v) is 31.2. The van der Waals surface area contributed by atoms with Gasteiger partial charge in [-0.3, -0.25) is 77.5 Å². The zero-order chi connectivity index (χ0) is 86.8. The molecule has 34 heteroatoms. The summed E-state index contributed by atoms with van der Waals surface area (Å²) in [7, 11) is 0.643. The zero-order valence-electron chi connectivity index (χ0n) is 69.9. The number of imide groups is 4. The van der Waals surface area contributed by atoms with Gasteiger partial charge in [0.05, 0.1) is 77.3 Å². The van der Waals surface area contributed by atoms with E-state index >= 15 is 0 Å². The molecular formula is C91H106FN19O14. The average molecular weight is 1710 g/mol. The number of hydrogen-bond donors (Lipinski definition) is 7. The number of aromatic nitrogens is 12. The van der Waals surface area contributed by atoms with Gasteiger partial charge in [0.1, 0.15) is 52.3 Å². The lowest BCUT2D eigenvalue weighted by Crippen LogP contribution is -2.54. The van der Waals surface area contributed by atoms with Crippen LogP contribution in [0.1, 0.15) is 254 Å². The van der Waals surface area contributed by atoms with E-state index < -0.39 is 66.5 Å². The molecule has 6 aliphatic rings. The molecule has 4 aromatic carbocycles. The van der Waals surface area contributed by atoms with Crippen molar-refractivity contribution >= 4 is 115 Å². The lowest BCUT2D eigenvalue weighted by Gasteiger charge is -2.27. The van der Waals surface area contributed by atoms with Crippen molar-refractivity contribution in [3.8, 4) is 34.0 Å². The monoisotopic (exact) mass is 1710 g/mol. The summed E-state index contributed by atoms with van der Waals surface area (Å²) in [6.07, 6.45) is 11.6. The SMILES string of the molecule is C.C.C.CCn1nc(C2CC2)cc1Cc1nc(OC=O)nc2[nH]c3cc(-c4c(C)noc4C)c(OC)cc3c12.CCn1nc(C2CC2)cc1Nc1nc(C(=O)NCCCCCc2cccc3c2C(=O)N(C2CCC(=O)NC2=O)C3=O)nc2[nH]c3cc(-c4c(C)noc4C)c(C)cc3c12.NCCCCCc1cccc2c1C(=O)N(C1CCC(=O)NC1=O)C2=O.[2H]CF. The Morgan fingerprint density at radius 3 is 1.66 bits per heavy atom. The van der Waals surface area contributed by atoms with E-state index in [-0.39, 0.29) is 71.3 Å². The van der Waals surface area contributed by atoms with Gasteiger partial charge >= 0.3 is 12.5 Å². The van der Waals surface area contributed by atoms with Gasteiger partial charge in [-0.2, -0.15) is 20.2 Å². The van der Waals surface area contributed by atoms with Crippen LogP contribution < -0.4 is 36.5 Å². The number of benzene rings is 4. The Morgan fingerprint density at radius 2 is 1.14 bits per heavy atom. The molecule has 33 nitrogen and oxygen atoms in total. The summed E-state index contributed by atoms with van der Waals surface area (Å²) < 4.78 is 41.2. The zero-order valence-corrected chi connectivity index (χ0v) is 68.9. The third-order valence-corrected chi connectivity index (χ3v) is 23.1. The molecule has 656 valence electrons. The molecule has 9 amide bonds. The van der Waals surface area contributed by atoms with Gasteiger partial charge in [0.2, 0.25) is 29.5 Å². The van der Waals surface area contributed by atoms with Crippen LogP contribution in [0.3, 0.4) is 0 Å². The maximum Gasteiger partial charge on any atom is 0.326 e. The van der Waals surface area contributed by atoms with Crippen LogP contribution in [0.25, 0.3) is 66.1 Å². The van der Waals surface area contributed by atoms with Crippen molar-refractivity contribution in [1.82, 2.24) is 85.5 Å². The van der Waals surface area contributed by atoms with Gasteiger partial charge in [-0.15, -0.1) is 0 Å². The van der Waals surface area contributed by atoms with Crippen LogP contribution in [0, 0.1) is 34.6 Å². The molecule has 0 bridgehead atoms. The topological polar surface area (TPSA) is 441 Å². The van der Waals surface area contributed by atoms with Crippen LogP contribution >= 0.6 is 0 Å². The number of carbonyl (C=O) groups excluding carboxylic acids is 10. The van der Waals surface area contributed by atoms with Crippen molar-refractivity contribution in [2.75, 3.05) is 32.7 Å². The first-order chi connectivity index (χ1) is 59.5. The first kappa shape index (κ1) is 89.2. The van der Waals surface area contributed by atoms with Crippen molar-refractivity contribution in [2.45, 2.75) is 217 Å². The highest BCUT2D eigenvalue weighted by atomic mass is 19.1. The Labute approximate surface area is 722 Å². The highest BCUT2D eigenvalue weighted by molar-refractivity contribution is 6.25. The average Bonchev–Trinajstić information content (AvgIpc) is 1.64. The Hall–Kier alpha value is -13.5. The quantitative estimate of drug-likeness (QED) is 0.0143. The summed E-state index contributed by atoms with van der Waals surface area (Å²) in [5, 5.41) is 32.3. The minimum Gasteiger partial charge on any atom is -0.496 e. The van der Waals surface area contributed by atoms with E-state index in [0.29, 0.717) is 115 Å². The molecule has 2 atom stereocenters. The van der Waals surface area contributed by atoms with Gasteiger partial charge in [0, 0.05) is 101 Å². The standard InChI is InChI=1S/C43H44N10O6.C26H26N6O4.C18H21N3O4.CH3F.3CH4/c1-5-52-32(20-29(50-52)24-13-14-24)46-38-36-28-18-21(2)27(34-22(3)51-59-23(34)4)19-30(28)45-37(36)48-39(49-38)41(56)44-17-8-6-7-10-25-11-9-12-26-35(25)43(58)53(42(26)57)31-15-16-33(54)47-40(31)55;1-5-32-16(8-19(30-32)15-6-7-15)9-21-24-17-11-22(34-4)18(23-13(2)31-36-14(23)3)10-20(17)27-25(24)29-26(28-21)35-12-33;19-10-3-1-2-5-11-6-4-7-12-15(11)18(25)21(17(12)24)13-8-9-14(22)20-16(13)23;1-2;;;/h9,11-12,18-20,24,31H,5-8,10,13-17H2,1-4H3,(H,44,56)(H,47,54,55)(H2,45,46,48,49);8,10-12,15H,5-7,9H2,1-4H3,(H,27,28,29);4,6-7,13H,1-3,5,8-10,19H2,(H,20,22,23);1H3;3*1H4/i;;;1D;;;. The van der Waals surface area contributed by atoms with Crippen LogP contribution in [0.5, 0.6) is 11.8 Å². The highest BCUT2D eigenvalue weighted by Crippen LogP contribution is 2.45.